The van der Waals surface area contributed by atoms with E-state index in [1.165, 1.54) is 12.1 Å². The molecular formula is C18H15FN2O4S. The number of carbonyl (C=O) groups excluding carboxylic acids is 1. The molecule has 0 N–H and O–H groups in total. The van der Waals surface area contributed by atoms with Crippen molar-refractivity contribution in [3.05, 3.63) is 54.3 Å². The molecule has 0 atom stereocenters. The molecule has 3 aromatic rings. The summed E-state index contributed by atoms with van der Waals surface area (Å²) < 4.78 is 29.6. The Hall–Kier alpha value is -2.87. The molecule has 0 aliphatic carbocycles. The van der Waals surface area contributed by atoms with E-state index in [1.54, 1.807) is 36.4 Å². The molecule has 1 aromatic heterocycles. The topological polar surface area (TPSA) is 74.5 Å². The highest BCUT2D eigenvalue weighted by atomic mass is 32.2. The molecule has 6 nitrogen and oxygen atoms in total. The molecule has 0 spiro atoms. The second-order valence-electron chi connectivity index (χ2n) is 5.02. The average Bonchev–Trinajstić information content (AvgIpc) is 3.11. The molecule has 0 fully saturated rings. The van der Waals surface area contributed by atoms with Crippen LogP contribution < -0.4 is 9.47 Å². The van der Waals surface area contributed by atoms with Crippen molar-refractivity contribution >= 4 is 17.7 Å². The quantitative estimate of drug-likeness (QED) is 0.352. The molecule has 0 unspecified atom stereocenters. The third-order valence-corrected chi connectivity index (χ3v) is 3.98. The van der Waals surface area contributed by atoms with Gasteiger partial charge in [-0.3, -0.25) is 4.79 Å². The Morgan fingerprint density at radius 1 is 1.12 bits per heavy atom. The average molecular weight is 374 g/mol. The van der Waals surface area contributed by atoms with Crippen LogP contribution in [0.5, 0.6) is 11.5 Å². The summed E-state index contributed by atoms with van der Waals surface area (Å²) in [6.45, 7) is 2.45. The Morgan fingerprint density at radius 2 is 1.85 bits per heavy atom. The van der Waals surface area contributed by atoms with E-state index in [0.717, 1.165) is 11.8 Å². The first-order chi connectivity index (χ1) is 12.7. The number of halogens is 1. The Morgan fingerprint density at radius 3 is 2.58 bits per heavy atom. The van der Waals surface area contributed by atoms with Crippen LogP contribution in [0, 0.1) is 5.82 Å². The third kappa shape index (κ3) is 4.60. The summed E-state index contributed by atoms with van der Waals surface area (Å²) in [6, 6.07) is 12.8. The zero-order valence-electron chi connectivity index (χ0n) is 13.8. The van der Waals surface area contributed by atoms with E-state index in [1.807, 2.05) is 6.92 Å². The van der Waals surface area contributed by atoms with Gasteiger partial charge in [0.05, 0.1) is 12.2 Å². The maximum atomic E-state index is 13.7. The number of benzene rings is 2. The van der Waals surface area contributed by atoms with Crippen molar-refractivity contribution in [2.75, 3.05) is 12.4 Å². The molecule has 3 rings (SSSR count). The number of carbonyl (C=O) groups is 1. The van der Waals surface area contributed by atoms with Crippen LogP contribution >= 0.6 is 11.8 Å². The van der Waals surface area contributed by atoms with Gasteiger partial charge in [0.1, 0.15) is 23.1 Å². The lowest BCUT2D eigenvalue weighted by Gasteiger charge is -2.05. The lowest BCUT2D eigenvalue weighted by Crippen LogP contribution is -2.10. The minimum Gasteiger partial charge on any atom is -0.494 e. The first-order valence-corrected chi connectivity index (χ1v) is 8.79. The summed E-state index contributed by atoms with van der Waals surface area (Å²) in [6.07, 6.45) is 0. The standard InChI is InChI=1S/C18H15FN2O4S/c1-2-23-12-7-9-13(10-8-12)24-16(22)11-26-18-21-20-17(25-18)14-5-3-4-6-15(14)19/h3-10H,2,11H2,1H3. The van der Waals surface area contributed by atoms with Crippen molar-refractivity contribution in [3.63, 3.8) is 0 Å². The Kier molecular flexibility index (Phi) is 5.85. The van der Waals surface area contributed by atoms with Gasteiger partial charge in [-0.25, -0.2) is 4.39 Å². The van der Waals surface area contributed by atoms with Gasteiger partial charge in [-0.1, -0.05) is 23.9 Å². The predicted molar refractivity (Wildman–Crippen MR) is 93.7 cm³/mol. The normalized spacial score (nSPS) is 10.5. The lowest BCUT2D eigenvalue weighted by atomic mass is 10.2. The fourth-order valence-corrected chi connectivity index (χ4v) is 2.60. The SMILES string of the molecule is CCOc1ccc(OC(=O)CSc2nnc(-c3ccccc3F)o2)cc1. The van der Waals surface area contributed by atoms with E-state index >= 15 is 0 Å². The number of hydrogen-bond donors (Lipinski definition) is 0. The van der Waals surface area contributed by atoms with Crippen LogP contribution in [0.1, 0.15) is 6.92 Å². The van der Waals surface area contributed by atoms with Gasteiger partial charge in [0.15, 0.2) is 0 Å². The van der Waals surface area contributed by atoms with Gasteiger partial charge in [-0.2, -0.15) is 0 Å². The number of hydrogen-bond acceptors (Lipinski definition) is 7. The minimum absolute atomic E-state index is 0.0217. The molecule has 1 heterocycles. The van der Waals surface area contributed by atoms with Gasteiger partial charge in [-0.15, -0.1) is 10.2 Å². The van der Waals surface area contributed by atoms with E-state index < -0.39 is 11.8 Å². The van der Waals surface area contributed by atoms with Gasteiger partial charge in [0.2, 0.25) is 0 Å². The molecule has 8 heteroatoms. The summed E-state index contributed by atoms with van der Waals surface area (Å²) >= 11 is 1.02. The van der Waals surface area contributed by atoms with Crippen LogP contribution in [0.3, 0.4) is 0 Å². The van der Waals surface area contributed by atoms with E-state index in [9.17, 15) is 9.18 Å². The summed E-state index contributed by atoms with van der Waals surface area (Å²) in [4.78, 5) is 11.9. The highest BCUT2D eigenvalue weighted by Crippen LogP contribution is 2.25. The van der Waals surface area contributed by atoms with Crippen LogP contribution in [0.15, 0.2) is 58.2 Å². The molecule has 0 radical (unpaired) electrons. The van der Waals surface area contributed by atoms with Crippen molar-refractivity contribution in [1.82, 2.24) is 10.2 Å². The highest BCUT2D eigenvalue weighted by molar-refractivity contribution is 7.99. The zero-order chi connectivity index (χ0) is 18.4. The maximum absolute atomic E-state index is 13.7. The Labute approximate surface area is 153 Å². The minimum atomic E-state index is -0.468. The number of thioether (sulfide) groups is 1. The lowest BCUT2D eigenvalue weighted by molar-refractivity contribution is -0.131. The number of ether oxygens (including phenoxy) is 2. The number of nitrogens with zero attached hydrogens (tertiary/aromatic N) is 2. The van der Waals surface area contributed by atoms with Crippen molar-refractivity contribution in [2.24, 2.45) is 0 Å². The summed E-state index contributed by atoms with van der Waals surface area (Å²) in [5.74, 6) is 0.231. The van der Waals surface area contributed by atoms with Crippen LogP contribution in [-0.4, -0.2) is 28.5 Å². The molecular weight excluding hydrogens is 359 g/mol. The summed E-state index contributed by atoms with van der Waals surface area (Å²) in [5, 5.41) is 7.75. The summed E-state index contributed by atoms with van der Waals surface area (Å²) in [7, 11) is 0. The number of aromatic nitrogens is 2. The number of esters is 1. The first kappa shape index (κ1) is 17.9. The van der Waals surface area contributed by atoms with Crippen LogP contribution in [0.25, 0.3) is 11.5 Å². The Bertz CT molecular complexity index is 883. The van der Waals surface area contributed by atoms with Crippen LogP contribution in [-0.2, 0) is 4.79 Å². The van der Waals surface area contributed by atoms with Gasteiger partial charge in [0.25, 0.3) is 11.1 Å². The first-order valence-electron chi connectivity index (χ1n) is 7.80. The van der Waals surface area contributed by atoms with Crippen molar-refractivity contribution in [2.45, 2.75) is 12.1 Å². The van der Waals surface area contributed by atoms with Crippen molar-refractivity contribution < 1.29 is 23.1 Å². The van der Waals surface area contributed by atoms with Gasteiger partial charge >= 0.3 is 5.97 Å². The van der Waals surface area contributed by atoms with E-state index in [-0.39, 0.29) is 22.4 Å². The molecule has 2 aromatic carbocycles. The zero-order valence-corrected chi connectivity index (χ0v) is 14.7. The van der Waals surface area contributed by atoms with Crippen molar-refractivity contribution in [3.8, 4) is 23.0 Å². The van der Waals surface area contributed by atoms with Gasteiger partial charge in [-0.05, 0) is 43.3 Å². The number of rotatable bonds is 7. The third-order valence-electron chi connectivity index (χ3n) is 3.19. The van der Waals surface area contributed by atoms with Crippen LogP contribution in [0.4, 0.5) is 4.39 Å². The molecule has 0 aliphatic rings. The highest BCUT2D eigenvalue weighted by Gasteiger charge is 2.14. The molecule has 0 saturated carbocycles. The van der Waals surface area contributed by atoms with Gasteiger partial charge < -0.3 is 13.9 Å². The molecule has 134 valence electrons. The smallest absolute Gasteiger partial charge is 0.321 e. The van der Waals surface area contributed by atoms with E-state index in [4.69, 9.17) is 13.9 Å². The molecule has 26 heavy (non-hydrogen) atoms. The summed E-state index contributed by atoms with van der Waals surface area (Å²) in [5.41, 5.74) is 0.212. The fourth-order valence-electron chi connectivity index (χ4n) is 2.06. The predicted octanol–water partition coefficient (Wildman–Crippen LogP) is 3.97. The van der Waals surface area contributed by atoms with Crippen molar-refractivity contribution in [1.29, 1.82) is 0 Å². The largest absolute Gasteiger partial charge is 0.494 e. The molecule has 0 saturated heterocycles. The van der Waals surface area contributed by atoms with Crippen LogP contribution in [0.2, 0.25) is 0 Å². The Balaban J connectivity index is 1.54. The molecule has 0 bridgehead atoms. The second kappa shape index (κ2) is 8.48. The fraction of sp³-hybridized carbons (Fsp3) is 0.167. The molecule has 0 amide bonds. The van der Waals surface area contributed by atoms with Gasteiger partial charge in [0, 0.05) is 0 Å². The van der Waals surface area contributed by atoms with E-state index in [0.29, 0.717) is 18.1 Å². The maximum Gasteiger partial charge on any atom is 0.321 e. The monoisotopic (exact) mass is 374 g/mol. The molecule has 0 aliphatic heterocycles. The second-order valence-corrected chi connectivity index (χ2v) is 5.95. The van der Waals surface area contributed by atoms with E-state index in [2.05, 4.69) is 10.2 Å².